The smallest absolute Gasteiger partial charge is 0.291 e. The van der Waals surface area contributed by atoms with Crippen molar-refractivity contribution in [2.75, 3.05) is 0 Å². The Morgan fingerprint density at radius 3 is 2.30 bits per heavy atom. The molecule has 1 aromatic heterocycles. The predicted molar refractivity (Wildman–Crippen MR) is 79.1 cm³/mol. The largest absolute Gasteiger partial charge is 0.433 e. The standard InChI is InChI=1S/C17H17F3N2O/c18-17(19,20)14-9-12-21-22(14)16(10-5-2-6-11-16)15(23)13-7-3-1-4-8-13/h1,3-4,7-9,12H,2,5-6,10-11H2. The molecular formula is C17H17F3N2O. The van der Waals surface area contributed by atoms with E-state index in [1.165, 1.54) is 0 Å². The molecule has 0 radical (unpaired) electrons. The van der Waals surface area contributed by atoms with E-state index in [9.17, 15) is 18.0 Å². The molecule has 1 saturated carbocycles. The number of rotatable bonds is 3. The number of alkyl halides is 3. The summed E-state index contributed by atoms with van der Waals surface area (Å²) >= 11 is 0. The molecule has 2 aromatic rings. The molecule has 0 unspecified atom stereocenters. The molecule has 23 heavy (non-hydrogen) atoms. The third-order valence-electron chi connectivity index (χ3n) is 4.48. The summed E-state index contributed by atoms with van der Waals surface area (Å²) in [5.41, 5.74) is -1.67. The molecule has 3 rings (SSSR count). The fourth-order valence-electron chi connectivity index (χ4n) is 3.39. The fraction of sp³-hybridized carbons (Fsp3) is 0.412. The third-order valence-corrected chi connectivity index (χ3v) is 4.48. The molecule has 1 aliphatic rings. The van der Waals surface area contributed by atoms with Crippen LogP contribution in [0.25, 0.3) is 0 Å². The molecule has 0 bridgehead atoms. The van der Waals surface area contributed by atoms with Gasteiger partial charge in [-0.3, -0.25) is 4.79 Å². The Labute approximate surface area is 132 Å². The van der Waals surface area contributed by atoms with E-state index in [4.69, 9.17) is 0 Å². The molecule has 1 fully saturated rings. The van der Waals surface area contributed by atoms with Gasteiger partial charge in [0.05, 0.1) is 0 Å². The number of nitrogens with zero attached hydrogens (tertiary/aromatic N) is 2. The maximum absolute atomic E-state index is 13.3. The van der Waals surface area contributed by atoms with Crippen LogP contribution < -0.4 is 0 Å². The van der Waals surface area contributed by atoms with Gasteiger partial charge in [-0.2, -0.15) is 18.3 Å². The van der Waals surface area contributed by atoms with Crippen molar-refractivity contribution < 1.29 is 18.0 Å². The number of carbonyl (C=O) groups excluding carboxylic acids is 1. The average Bonchev–Trinajstić information content (AvgIpc) is 3.06. The van der Waals surface area contributed by atoms with Gasteiger partial charge in [0.1, 0.15) is 11.2 Å². The molecule has 1 aliphatic carbocycles. The fourth-order valence-corrected chi connectivity index (χ4v) is 3.39. The zero-order valence-corrected chi connectivity index (χ0v) is 12.5. The maximum Gasteiger partial charge on any atom is 0.433 e. The van der Waals surface area contributed by atoms with Gasteiger partial charge in [0.15, 0.2) is 5.78 Å². The summed E-state index contributed by atoms with van der Waals surface area (Å²) in [5.74, 6) is -0.285. The predicted octanol–water partition coefficient (Wildman–Crippen LogP) is 4.44. The summed E-state index contributed by atoms with van der Waals surface area (Å²) in [6.07, 6.45) is -0.287. The number of Topliss-reactive ketones (excluding diaryl/α,β-unsaturated/α-hetero) is 1. The quantitative estimate of drug-likeness (QED) is 0.783. The van der Waals surface area contributed by atoms with Crippen LogP contribution in [0.4, 0.5) is 13.2 Å². The van der Waals surface area contributed by atoms with Crippen LogP contribution in [-0.2, 0) is 11.7 Å². The minimum atomic E-state index is -4.53. The topological polar surface area (TPSA) is 34.9 Å². The summed E-state index contributed by atoms with van der Waals surface area (Å²) in [6.45, 7) is 0. The molecule has 0 spiro atoms. The number of carbonyl (C=O) groups is 1. The molecule has 1 aromatic carbocycles. The molecule has 1 heterocycles. The lowest BCUT2D eigenvalue weighted by atomic mass is 9.76. The van der Waals surface area contributed by atoms with Gasteiger partial charge in [-0.15, -0.1) is 0 Å². The van der Waals surface area contributed by atoms with Crippen molar-refractivity contribution in [1.29, 1.82) is 0 Å². The Kier molecular flexibility index (Phi) is 4.00. The van der Waals surface area contributed by atoms with Gasteiger partial charge in [0.2, 0.25) is 0 Å². The van der Waals surface area contributed by atoms with Crippen molar-refractivity contribution in [3.8, 4) is 0 Å². The first kappa shape index (κ1) is 15.8. The summed E-state index contributed by atoms with van der Waals surface area (Å²) in [5, 5.41) is 3.90. The van der Waals surface area contributed by atoms with E-state index in [2.05, 4.69) is 5.10 Å². The number of benzene rings is 1. The van der Waals surface area contributed by atoms with Crippen LogP contribution in [0, 0.1) is 0 Å². The van der Waals surface area contributed by atoms with E-state index in [-0.39, 0.29) is 5.78 Å². The Bertz CT molecular complexity index is 685. The first-order chi connectivity index (χ1) is 11.0. The lowest BCUT2D eigenvalue weighted by Crippen LogP contribution is -2.46. The minimum Gasteiger partial charge on any atom is -0.291 e. The van der Waals surface area contributed by atoms with E-state index in [1.54, 1.807) is 30.3 Å². The zero-order valence-electron chi connectivity index (χ0n) is 12.5. The van der Waals surface area contributed by atoms with Crippen molar-refractivity contribution in [3.63, 3.8) is 0 Å². The molecule has 122 valence electrons. The molecule has 0 atom stereocenters. The molecule has 0 aliphatic heterocycles. The third kappa shape index (κ3) is 2.78. The average molecular weight is 322 g/mol. The highest BCUT2D eigenvalue weighted by Crippen LogP contribution is 2.41. The first-order valence-corrected chi connectivity index (χ1v) is 7.67. The number of hydrogen-bond acceptors (Lipinski definition) is 2. The minimum absolute atomic E-state index is 0.285. The second kappa shape index (κ2) is 5.83. The second-order valence-electron chi connectivity index (χ2n) is 5.91. The van der Waals surface area contributed by atoms with Gasteiger partial charge >= 0.3 is 6.18 Å². The van der Waals surface area contributed by atoms with Crippen molar-refractivity contribution in [1.82, 2.24) is 9.78 Å². The lowest BCUT2D eigenvalue weighted by Gasteiger charge is -2.37. The van der Waals surface area contributed by atoms with Gasteiger partial charge in [0, 0.05) is 11.8 Å². The molecule has 0 saturated heterocycles. The lowest BCUT2D eigenvalue weighted by molar-refractivity contribution is -0.146. The van der Waals surface area contributed by atoms with E-state index in [0.29, 0.717) is 18.4 Å². The van der Waals surface area contributed by atoms with E-state index >= 15 is 0 Å². The maximum atomic E-state index is 13.3. The molecule has 6 heteroatoms. The van der Waals surface area contributed by atoms with Gasteiger partial charge in [-0.05, 0) is 18.9 Å². The summed E-state index contributed by atoms with van der Waals surface area (Å²) < 4.78 is 40.8. The molecule has 0 amide bonds. The summed E-state index contributed by atoms with van der Waals surface area (Å²) in [4.78, 5) is 13.1. The van der Waals surface area contributed by atoms with E-state index < -0.39 is 17.4 Å². The van der Waals surface area contributed by atoms with Crippen molar-refractivity contribution in [3.05, 3.63) is 53.9 Å². The SMILES string of the molecule is O=C(c1ccccc1)C1(n2nccc2C(F)(F)F)CCCCC1. The highest BCUT2D eigenvalue weighted by atomic mass is 19.4. The Hall–Kier alpha value is -2.11. The van der Waals surface area contributed by atoms with Gasteiger partial charge in [-0.1, -0.05) is 49.6 Å². The number of aromatic nitrogens is 2. The summed E-state index contributed by atoms with van der Waals surface area (Å²) in [6, 6.07) is 9.45. The van der Waals surface area contributed by atoms with Crippen LogP contribution in [0.3, 0.4) is 0 Å². The first-order valence-electron chi connectivity index (χ1n) is 7.67. The van der Waals surface area contributed by atoms with Gasteiger partial charge in [0.25, 0.3) is 0 Å². The number of hydrogen-bond donors (Lipinski definition) is 0. The second-order valence-corrected chi connectivity index (χ2v) is 5.91. The van der Waals surface area contributed by atoms with Crippen LogP contribution in [0.1, 0.15) is 48.2 Å². The highest BCUT2D eigenvalue weighted by molar-refractivity contribution is 6.01. The van der Waals surface area contributed by atoms with Crippen LogP contribution in [-0.4, -0.2) is 15.6 Å². The molecule has 0 N–H and O–H groups in total. The monoisotopic (exact) mass is 322 g/mol. The van der Waals surface area contributed by atoms with Crippen molar-refractivity contribution >= 4 is 5.78 Å². The normalized spacial score (nSPS) is 17.9. The van der Waals surface area contributed by atoms with Crippen LogP contribution in [0.5, 0.6) is 0 Å². The Balaban J connectivity index is 2.12. The van der Waals surface area contributed by atoms with Gasteiger partial charge in [-0.25, -0.2) is 4.68 Å². The van der Waals surface area contributed by atoms with Crippen molar-refractivity contribution in [2.24, 2.45) is 0 Å². The van der Waals surface area contributed by atoms with Crippen LogP contribution >= 0.6 is 0 Å². The Morgan fingerprint density at radius 2 is 1.70 bits per heavy atom. The zero-order chi connectivity index (χ0) is 16.5. The van der Waals surface area contributed by atoms with Gasteiger partial charge < -0.3 is 0 Å². The van der Waals surface area contributed by atoms with Crippen molar-refractivity contribution in [2.45, 2.75) is 43.8 Å². The number of halogens is 3. The molecule has 3 nitrogen and oxygen atoms in total. The summed E-state index contributed by atoms with van der Waals surface area (Å²) in [7, 11) is 0. The highest BCUT2D eigenvalue weighted by Gasteiger charge is 2.47. The molecular weight excluding hydrogens is 305 g/mol. The van der Waals surface area contributed by atoms with E-state index in [0.717, 1.165) is 36.2 Å². The number of ketones is 1. The van der Waals surface area contributed by atoms with Crippen LogP contribution in [0.2, 0.25) is 0 Å². The van der Waals surface area contributed by atoms with Crippen LogP contribution in [0.15, 0.2) is 42.6 Å². The van der Waals surface area contributed by atoms with E-state index in [1.807, 2.05) is 0 Å². The Morgan fingerprint density at radius 1 is 1.04 bits per heavy atom.